The molecule has 10 heteroatoms. The molecule has 1 aliphatic heterocycles. The lowest BCUT2D eigenvalue weighted by atomic mass is 10.0. The smallest absolute Gasteiger partial charge is 0.294 e. The van der Waals surface area contributed by atoms with E-state index in [-0.39, 0.29) is 10.8 Å². The summed E-state index contributed by atoms with van der Waals surface area (Å²) in [6.45, 7) is 3.84. The number of aliphatic hydroxyl groups is 1. The minimum Gasteiger partial charge on any atom is -0.366 e. The minimum absolute atomic E-state index is 0.0170. The van der Waals surface area contributed by atoms with Crippen molar-refractivity contribution in [3.05, 3.63) is 53.6 Å². The van der Waals surface area contributed by atoms with Gasteiger partial charge in [-0.15, -0.1) is 0 Å². The third-order valence-electron chi connectivity index (χ3n) is 4.03. The summed E-state index contributed by atoms with van der Waals surface area (Å²) >= 11 is 5.91. The van der Waals surface area contributed by atoms with E-state index >= 15 is 0 Å². The first kappa shape index (κ1) is 20.3. The third-order valence-corrected chi connectivity index (χ3v) is 5.13. The summed E-state index contributed by atoms with van der Waals surface area (Å²) in [5.74, 6) is -0.0170. The molecule has 0 radical (unpaired) electrons. The van der Waals surface area contributed by atoms with E-state index in [1.165, 1.54) is 23.2 Å². The number of hydrogen-bond donors (Lipinski definition) is 3. The van der Waals surface area contributed by atoms with E-state index < -0.39 is 16.3 Å². The first-order chi connectivity index (χ1) is 13.2. The number of hydrogen-bond acceptors (Lipinski definition) is 7. The molecule has 0 saturated heterocycles. The van der Waals surface area contributed by atoms with E-state index in [2.05, 4.69) is 15.6 Å². The van der Waals surface area contributed by atoms with Crippen LogP contribution < -0.4 is 10.4 Å². The lowest BCUT2D eigenvalue weighted by molar-refractivity contribution is 0.242. The molecule has 3 rings (SSSR count). The summed E-state index contributed by atoms with van der Waals surface area (Å²) in [5, 5.41) is 21.4. The average Bonchev–Trinajstić information content (AvgIpc) is 2.97. The Hall–Kier alpha value is -2.46. The standard InChI is InChI=1S/C18H19ClN4O4S/c1-11(2)16-17(18(24)23(22-16)14-8-6-12(19)7-9-14)21-20-13-4-3-5-15(10-13)28(25,26)27/h3-11,18,20,24H,1-2H3,(H,25,26,27)/b21-17-. The zero-order chi connectivity index (χ0) is 20.5. The molecule has 1 aliphatic rings. The van der Waals surface area contributed by atoms with Gasteiger partial charge in [-0.2, -0.15) is 18.6 Å². The fourth-order valence-corrected chi connectivity index (χ4v) is 3.29. The number of rotatable bonds is 5. The van der Waals surface area contributed by atoms with Crippen LogP contribution >= 0.6 is 11.6 Å². The van der Waals surface area contributed by atoms with Crippen LogP contribution in [0.5, 0.6) is 0 Å². The first-order valence-electron chi connectivity index (χ1n) is 8.39. The summed E-state index contributed by atoms with van der Waals surface area (Å²) in [6.07, 6.45) is -1.13. The molecule has 3 N–H and O–H groups in total. The van der Waals surface area contributed by atoms with Gasteiger partial charge >= 0.3 is 0 Å². The van der Waals surface area contributed by atoms with Crippen molar-refractivity contribution in [3.8, 4) is 0 Å². The topological polar surface area (TPSA) is 115 Å². The second kappa shape index (κ2) is 7.88. The van der Waals surface area contributed by atoms with Crippen LogP contribution in [0.25, 0.3) is 0 Å². The van der Waals surface area contributed by atoms with Crippen LogP contribution in [0.4, 0.5) is 11.4 Å². The quantitative estimate of drug-likeness (QED) is 0.503. The van der Waals surface area contributed by atoms with Crippen LogP contribution in [-0.2, 0) is 10.1 Å². The molecule has 1 atom stereocenters. The van der Waals surface area contributed by atoms with Gasteiger partial charge in [0.25, 0.3) is 10.1 Å². The molecule has 0 saturated carbocycles. The zero-order valence-corrected chi connectivity index (χ0v) is 16.7. The third kappa shape index (κ3) is 4.33. The fourth-order valence-electron chi connectivity index (χ4n) is 2.64. The Labute approximate surface area is 167 Å². The maximum Gasteiger partial charge on any atom is 0.294 e. The Kier molecular flexibility index (Phi) is 5.71. The fraction of sp³-hybridized carbons (Fsp3) is 0.222. The summed E-state index contributed by atoms with van der Waals surface area (Å²) in [6, 6.07) is 12.4. The molecule has 2 aromatic carbocycles. The normalized spacial score (nSPS) is 18.6. The highest BCUT2D eigenvalue weighted by Gasteiger charge is 2.34. The van der Waals surface area contributed by atoms with Crippen molar-refractivity contribution in [2.24, 2.45) is 16.1 Å². The molecule has 8 nitrogen and oxygen atoms in total. The van der Waals surface area contributed by atoms with E-state index in [1.54, 1.807) is 30.3 Å². The number of hydrazone groups is 2. The number of halogens is 1. The molecule has 0 fully saturated rings. The van der Waals surface area contributed by atoms with E-state index in [0.717, 1.165) is 0 Å². The van der Waals surface area contributed by atoms with Gasteiger partial charge in [-0.25, -0.2) is 5.01 Å². The van der Waals surface area contributed by atoms with Crippen LogP contribution in [0, 0.1) is 5.92 Å². The van der Waals surface area contributed by atoms with Gasteiger partial charge in [-0.3, -0.25) is 9.98 Å². The highest BCUT2D eigenvalue weighted by Crippen LogP contribution is 2.26. The lowest BCUT2D eigenvalue weighted by Crippen LogP contribution is -2.35. The van der Waals surface area contributed by atoms with E-state index in [0.29, 0.717) is 27.8 Å². The second-order valence-electron chi connectivity index (χ2n) is 6.45. The van der Waals surface area contributed by atoms with Gasteiger partial charge in [-0.05, 0) is 48.4 Å². The van der Waals surface area contributed by atoms with Gasteiger partial charge in [0.1, 0.15) is 5.71 Å². The van der Waals surface area contributed by atoms with Crippen molar-refractivity contribution < 1.29 is 18.1 Å². The van der Waals surface area contributed by atoms with Crippen molar-refractivity contribution in [1.29, 1.82) is 0 Å². The zero-order valence-electron chi connectivity index (χ0n) is 15.1. The molecule has 28 heavy (non-hydrogen) atoms. The number of nitrogens with one attached hydrogen (secondary N) is 1. The Balaban J connectivity index is 1.90. The molecule has 0 aromatic heterocycles. The van der Waals surface area contributed by atoms with Gasteiger partial charge in [0.2, 0.25) is 0 Å². The van der Waals surface area contributed by atoms with Crippen molar-refractivity contribution in [2.45, 2.75) is 25.0 Å². The lowest BCUT2D eigenvalue weighted by Gasteiger charge is -2.19. The Morgan fingerprint density at radius 1 is 1.21 bits per heavy atom. The molecule has 1 unspecified atom stereocenters. The van der Waals surface area contributed by atoms with Gasteiger partial charge in [-0.1, -0.05) is 31.5 Å². The molecule has 148 valence electrons. The van der Waals surface area contributed by atoms with Gasteiger partial charge in [0, 0.05) is 5.02 Å². The molecule has 0 amide bonds. The maximum absolute atomic E-state index is 11.3. The number of nitrogens with zero attached hydrogens (tertiary/aromatic N) is 3. The predicted octanol–water partition coefficient (Wildman–Crippen LogP) is 3.21. The number of benzene rings is 2. The predicted molar refractivity (Wildman–Crippen MR) is 110 cm³/mol. The van der Waals surface area contributed by atoms with Gasteiger partial charge in [0.05, 0.1) is 22.0 Å². The van der Waals surface area contributed by atoms with Crippen molar-refractivity contribution in [3.63, 3.8) is 0 Å². The molecule has 0 aliphatic carbocycles. The summed E-state index contributed by atoms with van der Waals surface area (Å²) in [4.78, 5) is -0.259. The largest absolute Gasteiger partial charge is 0.366 e. The molecular formula is C18H19ClN4O4S. The molecule has 0 spiro atoms. The van der Waals surface area contributed by atoms with Crippen molar-refractivity contribution >= 4 is 44.5 Å². The molecule has 2 aromatic rings. The minimum atomic E-state index is -4.33. The summed E-state index contributed by atoms with van der Waals surface area (Å²) < 4.78 is 31.7. The van der Waals surface area contributed by atoms with Crippen molar-refractivity contribution in [1.82, 2.24) is 0 Å². The molecular weight excluding hydrogens is 404 g/mol. The maximum atomic E-state index is 11.3. The van der Waals surface area contributed by atoms with Crippen LogP contribution in [0.3, 0.4) is 0 Å². The van der Waals surface area contributed by atoms with Gasteiger partial charge in [0.15, 0.2) is 6.23 Å². The average molecular weight is 423 g/mol. The number of aliphatic hydroxyl groups excluding tert-OH is 1. The number of anilines is 2. The Bertz CT molecular complexity index is 1040. The highest BCUT2D eigenvalue weighted by molar-refractivity contribution is 7.85. The summed E-state index contributed by atoms with van der Waals surface area (Å²) in [7, 11) is -4.33. The SMILES string of the molecule is CC(C)C1=NN(c2ccc(Cl)cc2)C(O)/C1=N\Nc1cccc(S(=O)(=O)O)c1. The molecule has 0 bridgehead atoms. The first-order valence-corrected chi connectivity index (χ1v) is 10.2. The van der Waals surface area contributed by atoms with Gasteiger partial charge < -0.3 is 5.11 Å². The monoisotopic (exact) mass is 422 g/mol. The van der Waals surface area contributed by atoms with Crippen LogP contribution in [0.1, 0.15) is 13.8 Å². The second-order valence-corrected chi connectivity index (χ2v) is 8.30. The van der Waals surface area contributed by atoms with Crippen LogP contribution in [0.2, 0.25) is 5.02 Å². The highest BCUT2D eigenvalue weighted by atomic mass is 35.5. The Morgan fingerprint density at radius 3 is 2.50 bits per heavy atom. The van der Waals surface area contributed by atoms with Crippen LogP contribution in [-0.4, -0.2) is 35.7 Å². The Morgan fingerprint density at radius 2 is 1.89 bits per heavy atom. The van der Waals surface area contributed by atoms with Crippen molar-refractivity contribution in [2.75, 3.05) is 10.4 Å². The molecule has 1 heterocycles. The van der Waals surface area contributed by atoms with E-state index in [4.69, 9.17) is 16.2 Å². The van der Waals surface area contributed by atoms with E-state index in [9.17, 15) is 13.5 Å². The van der Waals surface area contributed by atoms with Crippen LogP contribution in [0.15, 0.2) is 63.6 Å². The van der Waals surface area contributed by atoms with E-state index in [1.807, 2.05) is 13.8 Å². The summed E-state index contributed by atoms with van der Waals surface area (Å²) in [5.41, 5.74) is 4.59.